The number of rotatable bonds is 10. The fraction of sp³-hybridized carbons (Fsp3) is 0.947. The van der Waals surface area contributed by atoms with E-state index in [4.69, 9.17) is 9.90 Å². The number of hydrogen-bond donors (Lipinski definition) is 0. The number of carboxylic acids is 1. The van der Waals surface area contributed by atoms with E-state index >= 15 is 0 Å². The number of aliphatic carboxylic acids is 1. The van der Waals surface area contributed by atoms with Crippen LogP contribution in [0.5, 0.6) is 0 Å². The summed E-state index contributed by atoms with van der Waals surface area (Å²) in [6.07, 6.45) is 17.5. The van der Waals surface area contributed by atoms with Gasteiger partial charge in [-0.2, -0.15) is 0 Å². The smallest absolute Gasteiger partial charge is 0.0784 e. The van der Waals surface area contributed by atoms with Crippen molar-refractivity contribution in [3.8, 4) is 0 Å². The maximum atomic E-state index is 8.89. The first-order chi connectivity index (χ1) is 10.5. The fourth-order valence-corrected chi connectivity index (χ4v) is 3.30. The molecule has 0 atom stereocenters. The first kappa shape index (κ1) is 21.4. The van der Waals surface area contributed by atoms with E-state index in [1.165, 1.54) is 101 Å². The molecule has 0 aliphatic carbocycles. The van der Waals surface area contributed by atoms with Crippen molar-refractivity contribution in [2.75, 3.05) is 26.7 Å². The van der Waals surface area contributed by atoms with Crippen LogP contribution in [-0.2, 0) is 4.79 Å². The topological polar surface area (TPSA) is 40.1 Å². The minimum absolute atomic E-state index is 0.972. The predicted molar refractivity (Wildman–Crippen MR) is 92.5 cm³/mol. The van der Waals surface area contributed by atoms with Crippen LogP contribution in [0.1, 0.15) is 90.9 Å². The van der Waals surface area contributed by atoms with Crippen LogP contribution < -0.4 is 5.11 Å². The zero-order valence-electron chi connectivity index (χ0n) is 15.4. The van der Waals surface area contributed by atoms with Gasteiger partial charge in [-0.05, 0) is 39.0 Å². The molecule has 1 aliphatic heterocycles. The zero-order valence-corrected chi connectivity index (χ0v) is 15.4. The highest BCUT2D eigenvalue weighted by atomic mass is 16.4. The van der Waals surface area contributed by atoms with Crippen LogP contribution in [0.15, 0.2) is 0 Å². The highest BCUT2D eigenvalue weighted by Gasteiger charge is 2.23. The lowest BCUT2D eigenvalue weighted by Gasteiger charge is -2.37. The molecular weight excluding hydrogens is 274 g/mol. The molecule has 0 saturated carbocycles. The van der Waals surface area contributed by atoms with Gasteiger partial charge in [0.15, 0.2) is 0 Å². The van der Waals surface area contributed by atoms with Gasteiger partial charge < -0.3 is 14.4 Å². The maximum absolute atomic E-state index is 8.89. The molecule has 0 aromatic carbocycles. The summed E-state index contributed by atoms with van der Waals surface area (Å²) in [5, 5.41) is 8.89. The van der Waals surface area contributed by atoms with Crippen LogP contribution >= 0.6 is 0 Å². The Hall–Kier alpha value is -0.570. The third kappa shape index (κ3) is 14.4. The fourth-order valence-electron chi connectivity index (χ4n) is 3.30. The van der Waals surface area contributed by atoms with Gasteiger partial charge in [-0.15, -0.1) is 0 Å². The van der Waals surface area contributed by atoms with Crippen molar-refractivity contribution in [3.05, 3.63) is 0 Å². The maximum Gasteiger partial charge on any atom is 0.0784 e. The number of hydrogen-bond acceptors (Lipinski definition) is 2. The summed E-state index contributed by atoms with van der Waals surface area (Å²) in [5.74, 6) is -1.08. The van der Waals surface area contributed by atoms with Gasteiger partial charge in [0.05, 0.1) is 26.7 Å². The van der Waals surface area contributed by atoms with Crippen molar-refractivity contribution < 1.29 is 14.4 Å². The van der Waals surface area contributed by atoms with Crippen LogP contribution in [0.3, 0.4) is 0 Å². The molecule has 1 heterocycles. The predicted octanol–water partition coefficient (Wildman–Crippen LogP) is 3.90. The summed E-state index contributed by atoms with van der Waals surface area (Å²) in [5.41, 5.74) is 0. The lowest BCUT2D eigenvalue weighted by molar-refractivity contribution is -0.914. The van der Waals surface area contributed by atoms with Crippen LogP contribution in [-0.4, -0.2) is 37.1 Å². The highest BCUT2D eigenvalue weighted by molar-refractivity contribution is 5.60. The van der Waals surface area contributed by atoms with Crippen molar-refractivity contribution >= 4 is 5.97 Å². The molecule has 22 heavy (non-hydrogen) atoms. The summed E-state index contributed by atoms with van der Waals surface area (Å²) in [6.45, 7) is 7.59. The quantitative estimate of drug-likeness (QED) is 0.453. The number of piperidine rings is 1. The van der Waals surface area contributed by atoms with Gasteiger partial charge in [-0.1, -0.05) is 51.9 Å². The lowest BCUT2D eigenvalue weighted by atomic mass is 10.1. The van der Waals surface area contributed by atoms with E-state index in [1.807, 2.05) is 0 Å². The molecule has 1 aliphatic rings. The van der Waals surface area contributed by atoms with Crippen molar-refractivity contribution in [3.63, 3.8) is 0 Å². The lowest BCUT2D eigenvalue weighted by Crippen LogP contribution is -2.48. The Balaban J connectivity index is 0.000000980. The van der Waals surface area contributed by atoms with Crippen molar-refractivity contribution in [1.29, 1.82) is 0 Å². The molecule has 0 amide bonds. The van der Waals surface area contributed by atoms with Gasteiger partial charge in [0.1, 0.15) is 0 Å². The number of carbonyl (C=O) groups is 1. The second kappa shape index (κ2) is 14.0. The van der Waals surface area contributed by atoms with E-state index in [9.17, 15) is 0 Å². The van der Waals surface area contributed by atoms with Gasteiger partial charge in [0.25, 0.3) is 0 Å². The van der Waals surface area contributed by atoms with Crippen LogP contribution in [0.4, 0.5) is 0 Å². The third-order valence-electron chi connectivity index (χ3n) is 4.70. The summed E-state index contributed by atoms with van der Waals surface area (Å²) < 4.78 is 1.37. The summed E-state index contributed by atoms with van der Waals surface area (Å²) in [7, 11) is 2.48. The van der Waals surface area contributed by atoms with Gasteiger partial charge in [-0.3, -0.25) is 0 Å². The Labute approximate surface area is 138 Å². The molecule has 1 saturated heterocycles. The molecule has 0 radical (unpaired) electrons. The van der Waals surface area contributed by atoms with E-state index in [-0.39, 0.29) is 0 Å². The van der Waals surface area contributed by atoms with E-state index < -0.39 is 5.97 Å². The minimum atomic E-state index is -1.08. The number of carbonyl (C=O) groups excluding carboxylic acids is 1. The number of nitrogens with zero attached hydrogens (tertiary/aromatic N) is 1. The van der Waals surface area contributed by atoms with Crippen LogP contribution in [0.25, 0.3) is 0 Å². The standard InChI is InChI=1S/C17H36N.C2H4O2/c1-3-4-5-6-7-8-9-10-12-15-18(2)16-13-11-14-17-18;1-2(3)4/h3-17H2,1-2H3;1H3,(H,3,4)/q+1;/p-1. The van der Waals surface area contributed by atoms with Crippen LogP contribution in [0.2, 0.25) is 0 Å². The molecule has 0 unspecified atom stereocenters. The zero-order chi connectivity index (χ0) is 16.7. The number of quaternary nitrogens is 1. The molecule has 0 bridgehead atoms. The first-order valence-electron chi connectivity index (χ1n) is 9.51. The van der Waals surface area contributed by atoms with E-state index in [2.05, 4.69) is 14.0 Å². The highest BCUT2D eigenvalue weighted by Crippen LogP contribution is 2.18. The number of unbranched alkanes of at least 4 members (excludes halogenated alkanes) is 8. The van der Waals surface area contributed by atoms with Gasteiger partial charge >= 0.3 is 0 Å². The van der Waals surface area contributed by atoms with Gasteiger partial charge in [-0.25, -0.2) is 0 Å². The Kier molecular flexibility index (Phi) is 13.7. The SMILES string of the molecule is CC(=O)[O-].CCCCCCCCCCC[N+]1(C)CCCCC1. The molecule has 0 aromatic heterocycles. The molecule has 3 heteroatoms. The summed E-state index contributed by atoms with van der Waals surface area (Å²) in [6, 6.07) is 0. The first-order valence-corrected chi connectivity index (χ1v) is 9.51. The average molecular weight is 314 g/mol. The molecule has 132 valence electrons. The second-order valence-corrected chi connectivity index (χ2v) is 7.17. The average Bonchev–Trinajstić information content (AvgIpc) is 2.46. The normalized spacial score (nSPS) is 16.7. The van der Waals surface area contributed by atoms with E-state index in [1.54, 1.807) is 0 Å². The largest absolute Gasteiger partial charge is 0.550 e. The number of likely N-dealkylation sites (tertiary alicyclic amines) is 1. The molecule has 1 rings (SSSR count). The summed E-state index contributed by atoms with van der Waals surface area (Å²) in [4.78, 5) is 8.89. The third-order valence-corrected chi connectivity index (χ3v) is 4.70. The Morgan fingerprint density at radius 1 is 0.864 bits per heavy atom. The molecule has 0 N–H and O–H groups in total. The Morgan fingerprint density at radius 3 is 1.73 bits per heavy atom. The van der Waals surface area contributed by atoms with Gasteiger partial charge in [0, 0.05) is 5.97 Å². The Bertz CT molecular complexity index is 256. The van der Waals surface area contributed by atoms with E-state index in [0.29, 0.717) is 0 Å². The second-order valence-electron chi connectivity index (χ2n) is 7.17. The number of carboxylic acid groups (broad SMARTS) is 1. The molecule has 1 fully saturated rings. The minimum Gasteiger partial charge on any atom is -0.550 e. The molecule has 0 spiro atoms. The van der Waals surface area contributed by atoms with Crippen LogP contribution in [0, 0.1) is 0 Å². The molecule has 0 aromatic rings. The van der Waals surface area contributed by atoms with Crippen molar-refractivity contribution in [1.82, 2.24) is 0 Å². The van der Waals surface area contributed by atoms with Crippen molar-refractivity contribution in [2.24, 2.45) is 0 Å². The Morgan fingerprint density at radius 2 is 1.27 bits per heavy atom. The molecule has 3 nitrogen and oxygen atoms in total. The van der Waals surface area contributed by atoms with E-state index in [0.717, 1.165) is 6.92 Å². The molecular formula is C19H39NO2. The monoisotopic (exact) mass is 313 g/mol. The van der Waals surface area contributed by atoms with Crippen molar-refractivity contribution in [2.45, 2.75) is 90.9 Å². The summed E-state index contributed by atoms with van der Waals surface area (Å²) >= 11 is 0. The van der Waals surface area contributed by atoms with Gasteiger partial charge in [0.2, 0.25) is 0 Å².